The lowest BCUT2D eigenvalue weighted by Gasteiger charge is -2.37. The third kappa shape index (κ3) is 12.6. The molecule has 7 heterocycles. The van der Waals surface area contributed by atoms with Gasteiger partial charge in [-0.3, -0.25) is 9.59 Å². The number of carbonyl (C=O) groups is 2. The van der Waals surface area contributed by atoms with Crippen molar-refractivity contribution >= 4 is 45.4 Å². The number of rotatable bonds is 21. The predicted octanol–water partition coefficient (Wildman–Crippen LogP) is 5.83. The summed E-state index contributed by atoms with van der Waals surface area (Å²) in [7, 11) is 0. The Morgan fingerprint density at radius 2 is 1.83 bits per heavy atom. The smallest absolute Gasteiger partial charge is 0.318 e. The summed E-state index contributed by atoms with van der Waals surface area (Å²) in [6, 6.07) is 24.5. The second-order valence-corrected chi connectivity index (χ2v) is 22.3. The molecule has 0 aliphatic carbocycles. The normalized spacial score (nSPS) is 21.2. The molecule has 4 aliphatic heterocycles. The lowest BCUT2D eigenvalue weighted by Crippen LogP contribution is -2.51. The van der Waals surface area contributed by atoms with Crippen LogP contribution in [0, 0.1) is 37.0 Å². The van der Waals surface area contributed by atoms with E-state index in [1.807, 2.05) is 39.0 Å². The largest absolute Gasteiger partial charge is 0.491 e. The van der Waals surface area contributed by atoms with Crippen molar-refractivity contribution in [3.05, 3.63) is 106 Å². The molecule has 78 heavy (non-hydrogen) atoms. The van der Waals surface area contributed by atoms with Crippen molar-refractivity contribution in [1.29, 1.82) is 5.26 Å². The molecule has 0 bridgehead atoms. The first kappa shape index (κ1) is 54.6. The first-order chi connectivity index (χ1) is 37.9. The van der Waals surface area contributed by atoms with Crippen LogP contribution in [0.25, 0.3) is 21.2 Å². The number of likely N-dealkylation sites (tertiary alicyclic amines) is 1. The molecule has 412 valence electrons. The molecular weight excluding hydrogens is 1010 g/mol. The number of carbonyl (C=O) groups excluding carboxylic acids is 2. The zero-order valence-corrected chi connectivity index (χ0v) is 45.7. The Morgan fingerprint density at radius 3 is 2.64 bits per heavy atom. The minimum Gasteiger partial charge on any atom is -0.491 e. The van der Waals surface area contributed by atoms with Gasteiger partial charge in [0.25, 0.3) is 0 Å². The third-order valence-electron chi connectivity index (χ3n) is 15.6. The number of aryl methyl sites for hydroxylation is 2. The molecular formula is C58H71N11O8S. The molecule has 5 N–H and O–H groups in total. The number of amides is 2. The van der Waals surface area contributed by atoms with Crippen LogP contribution in [0.5, 0.6) is 11.8 Å². The highest BCUT2D eigenvalue weighted by molar-refractivity contribution is 7.13. The summed E-state index contributed by atoms with van der Waals surface area (Å²) in [6.07, 6.45) is 1.26. The highest BCUT2D eigenvalue weighted by Crippen LogP contribution is 2.37. The maximum Gasteiger partial charge on any atom is 0.318 e. The van der Waals surface area contributed by atoms with Crippen LogP contribution in [-0.4, -0.2) is 143 Å². The number of piperazine rings is 1. The van der Waals surface area contributed by atoms with Crippen LogP contribution in [-0.2, 0) is 33.8 Å². The summed E-state index contributed by atoms with van der Waals surface area (Å²) in [5.74, 6) is 0.421. The highest BCUT2D eigenvalue weighted by Gasteiger charge is 2.43. The molecule has 4 aliphatic rings. The Bertz CT molecular complexity index is 3080. The number of aromatic nitrogens is 4. The number of thiazole rings is 1. The van der Waals surface area contributed by atoms with Crippen LogP contribution in [0.2, 0.25) is 0 Å². The van der Waals surface area contributed by atoms with Crippen molar-refractivity contribution in [2.75, 3.05) is 75.5 Å². The molecule has 20 heteroatoms. The molecule has 6 aromatic rings. The van der Waals surface area contributed by atoms with E-state index in [0.29, 0.717) is 62.3 Å². The number of nitriles is 1. The lowest BCUT2D eigenvalue weighted by atomic mass is 9.91. The second kappa shape index (κ2) is 24.9. The Kier molecular flexibility index (Phi) is 17.5. The minimum atomic E-state index is -0.869. The van der Waals surface area contributed by atoms with E-state index in [4.69, 9.17) is 28.7 Å². The lowest BCUT2D eigenvalue weighted by molar-refractivity contribution is -0.141. The fraction of sp³-hybridized carbons (Fsp3) is 0.500. The number of hydrogen-bond acceptors (Lipinski definition) is 18. The first-order valence-corrected chi connectivity index (χ1v) is 28.2. The summed E-state index contributed by atoms with van der Waals surface area (Å²) < 4.78 is 24.2. The first-order valence-electron chi connectivity index (χ1n) is 27.4. The van der Waals surface area contributed by atoms with E-state index in [2.05, 4.69) is 84.4 Å². The van der Waals surface area contributed by atoms with Gasteiger partial charge in [-0.1, -0.05) is 67.5 Å². The summed E-state index contributed by atoms with van der Waals surface area (Å²) in [4.78, 5) is 49.5. The molecule has 7 atom stereocenters. The number of nitrogens with one attached hydrogen (secondary N) is 3. The fourth-order valence-electron chi connectivity index (χ4n) is 11.5. The summed E-state index contributed by atoms with van der Waals surface area (Å²) in [5.41, 5.74) is 8.28. The van der Waals surface area contributed by atoms with Crippen molar-refractivity contribution in [3.63, 3.8) is 0 Å². The molecule has 3 aromatic heterocycles. The van der Waals surface area contributed by atoms with E-state index in [1.54, 1.807) is 18.5 Å². The van der Waals surface area contributed by atoms with Crippen molar-refractivity contribution in [2.45, 2.75) is 109 Å². The van der Waals surface area contributed by atoms with Crippen LogP contribution < -0.4 is 35.2 Å². The number of benzene rings is 3. The second-order valence-electron chi connectivity index (χ2n) is 21.4. The number of hydrogen-bond donors (Lipinski definition) is 5. The van der Waals surface area contributed by atoms with E-state index in [0.717, 1.165) is 71.2 Å². The zero-order valence-electron chi connectivity index (χ0n) is 44.9. The van der Waals surface area contributed by atoms with Gasteiger partial charge in [0.2, 0.25) is 11.8 Å². The molecule has 10 rings (SSSR count). The number of anilines is 2. The third-order valence-corrected chi connectivity index (χ3v) is 16.5. The quantitative estimate of drug-likeness (QED) is 0.0533. The molecule has 3 saturated heterocycles. The van der Waals surface area contributed by atoms with Gasteiger partial charge in [0, 0.05) is 98.5 Å². The van der Waals surface area contributed by atoms with Crippen LogP contribution in [0.4, 0.5) is 11.5 Å². The molecule has 0 spiro atoms. The van der Waals surface area contributed by atoms with E-state index in [-0.39, 0.29) is 75.1 Å². The Hall–Kier alpha value is -6.73. The molecule has 1 unspecified atom stereocenters. The van der Waals surface area contributed by atoms with Crippen molar-refractivity contribution in [1.82, 2.24) is 41.0 Å². The van der Waals surface area contributed by atoms with Gasteiger partial charge in [0.15, 0.2) is 0 Å². The Morgan fingerprint density at radius 1 is 0.974 bits per heavy atom. The summed E-state index contributed by atoms with van der Waals surface area (Å²) >= 11 is 1.53. The van der Waals surface area contributed by atoms with Gasteiger partial charge >= 0.3 is 6.01 Å². The standard InChI is InChI=1S/C58H71N11O8S/c1-35(2)53(52-24-36(3)66-77-52)57(73)69-31-44(70)27-49(69)56(72)62-28-40-13-12-39(54-37(4)63-34-78-54)26-51(40)75-23-22-74-33-50(71)41-25-42(61-29-41)16-21-76-58-64-47-32-67(48-11-7-9-38-8-5-6-10-45(38)48)19-15-46(47)55(65-58)68-20-18-60-43(30-68)14-17-59/h5-13,24,26,34-35,41-44,49-50,53,60-61,70-71H,14-16,18-23,25,27-33H2,1-4H3,(H,62,72)/t41-,42-,43+,44-,49+,50?,53+/m1/s1. The molecule has 2 amide bonds. The SMILES string of the molecule is Cc1cc([C@@H](C(=O)N2C[C@H](O)C[C@H]2C(=O)NCc2ccc(-c3scnc3C)cc2OCCOCC(O)[C@H]2CN[C@H](CCOc3nc4c(c(N5CCN[C@@H](CC#N)C5)n3)CCN(c3cccc5ccccc35)C4)C2)C(C)C)on1. The molecule has 3 fully saturated rings. The minimum absolute atomic E-state index is 0.0130. The van der Waals surface area contributed by atoms with E-state index in [9.17, 15) is 25.1 Å². The number of aliphatic hydroxyl groups excluding tert-OH is 2. The number of fused-ring (bicyclic) bond motifs is 2. The van der Waals surface area contributed by atoms with Crippen LogP contribution in [0.15, 0.2) is 76.8 Å². The van der Waals surface area contributed by atoms with Gasteiger partial charge in [0.05, 0.1) is 78.5 Å². The maximum absolute atomic E-state index is 14.0. The maximum atomic E-state index is 14.0. The summed E-state index contributed by atoms with van der Waals surface area (Å²) in [5, 5.41) is 47.9. The Balaban J connectivity index is 0.720. The van der Waals surface area contributed by atoms with Gasteiger partial charge in [0.1, 0.15) is 35.9 Å². The van der Waals surface area contributed by atoms with Gasteiger partial charge in [-0.2, -0.15) is 15.2 Å². The molecule has 0 radical (unpaired) electrons. The molecule has 19 nitrogen and oxygen atoms in total. The number of β-amino-alcohol motifs (C(OH)–C–C–N with tert-alkyl or cyclic N) is 1. The van der Waals surface area contributed by atoms with Crippen LogP contribution in [0.1, 0.15) is 79.4 Å². The average Bonchev–Trinajstić information content (AvgIpc) is 4.34. The fourth-order valence-corrected chi connectivity index (χ4v) is 12.3. The topological polar surface area (TPSA) is 237 Å². The van der Waals surface area contributed by atoms with Crippen molar-refractivity contribution in [2.24, 2.45) is 11.8 Å². The van der Waals surface area contributed by atoms with Crippen LogP contribution >= 0.6 is 11.3 Å². The van der Waals surface area contributed by atoms with Crippen LogP contribution in [0.3, 0.4) is 0 Å². The predicted molar refractivity (Wildman–Crippen MR) is 296 cm³/mol. The molecule has 0 saturated carbocycles. The van der Waals surface area contributed by atoms with Crippen molar-refractivity contribution < 1.29 is 38.5 Å². The van der Waals surface area contributed by atoms with E-state index >= 15 is 0 Å². The van der Waals surface area contributed by atoms with Gasteiger partial charge in [-0.05, 0) is 62.1 Å². The van der Waals surface area contributed by atoms with E-state index < -0.39 is 24.2 Å². The Labute approximate surface area is 459 Å². The highest BCUT2D eigenvalue weighted by atomic mass is 32.1. The number of aliphatic hydroxyl groups is 2. The van der Waals surface area contributed by atoms with Gasteiger partial charge in [-0.25, -0.2) is 4.98 Å². The molecule has 3 aromatic carbocycles. The zero-order chi connectivity index (χ0) is 54.3. The number of nitrogens with zero attached hydrogens (tertiary/aromatic N) is 8. The van der Waals surface area contributed by atoms with Gasteiger partial charge in [-0.15, -0.1) is 11.3 Å². The summed E-state index contributed by atoms with van der Waals surface area (Å²) in [6.45, 7) is 13.0. The monoisotopic (exact) mass is 1080 g/mol. The van der Waals surface area contributed by atoms with Gasteiger partial charge < -0.3 is 59.6 Å². The number of ether oxygens (including phenoxy) is 3. The van der Waals surface area contributed by atoms with E-state index in [1.165, 1.54) is 32.7 Å². The average molecular weight is 1080 g/mol. The van der Waals surface area contributed by atoms with Crippen molar-refractivity contribution in [3.8, 4) is 28.3 Å².